The molecular formula is C23H29FN6OS. The van der Waals surface area contributed by atoms with Crippen molar-refractivity contribution in [3.05, 3.63) is 30.1 Å². The fourth-order valence-corrected chi connectivity index (χ4v) is 5.13. The molecular weight excluding hydrogens is 427 g/mol. The maximum absolute atomic E-state index is 13.4. The van der Waals surface area contributed by atoms with E-state index < -0.39 is 0 Å². The quantitative estimate of drug-likeness (QED) is 0.636. The number of nitrogens with one attached hydrogen (secondary N) is 1. The summed E-state index contributed by atoms with van der Waals surface area (Å²) in [6.07, 6.45) is 3.27. The largest absolute Gasteiger partial charge is 0.364 e. The monoisotopic (exact) mass is 456 g/mol. The number of rotatable bonds is 4. The number of hydrogen-bond acceptors (Lipinski definition) is 6. The summed E-state index contributed by atoms with van der Waals surface area (Å²) in [7, 11) is 0. The van der Waals surface area contributed by atoms with Gasteiger partial charge < -0.3 is 15.1 Å². The number of benzene rings is 1. The molecule has 5 rings (SSSR count). The zero-order valence-electron chi connectivity index (χ0n) is 18.8. The van der Waals surface area contributed by atoms with Crippen LogP contribution in [0, 0.1) is 11.7 Å². The van der Waals surface area contributed by atoms with E-state index in [9.17, 15) is 9.18 Å². The number of hydrogen-bond donors (Lipinski definition) is 1. The molecule has 170 valence electrons. The number of halogens is 1. The predicted molar refractivity (Wildman–Crippen MR) is 126 cm³/mol. The highest BCUT2D eigenvalue weighted by atomic mass is 32.1. The highest BCUT2D eigenvalue weighted by Crippen LogP contribution is 2.35. The molecule has 2 aromatic heterocycles. The van der Waals surface area contributed by atoms with Crippen molar-refractivity contribution in [2.45, 2.75) is 45.6 Å². The van der Waals surface area contributed by atoms with Crippen molar-refractivity contribution < 1.29 is 9.18 Å². The molecule has 1 saturated carbocycles. The third-order valence-corrected chi connectivity index (χ3v) is 7.09. The van der Waals surface area contributed by atoms with E-state index in [2.05, 4.69) is 31.0 Å². The SMILES string of the molecule is CC(C)(C)Nc1c(-c2ccc(F)cc2)nc2sc(N3CCN(C(=O)C4CCC4)CC3)nn12. The Bertz CT molecular complexity index is 1120. The molecule has 2 fully saturated rings. The van der Waals surface area contributed by atoms with Crippen LogP contribution in [0.1, 0.15) is 40.0 Å². The predicted octanol–water partition coefficient (Wildman–Crippen LogP) is 4.26. The van der Waals surface area contributed by atoms with Gasteiger partial charge in [-0.25, -0.2) is 9.37 Å². The smallest absolute Gasteiger partial charge is 0.225 e. The Morgan fingerprint density at radius 2 is 1.81 bits per heavy atom. The Morgan fingerprint density at radius 3 is 2.41 bits per heavy atom. The van der Waals surface area contributed by atoms with Gasteiger partial charge in [0.25, 0.3) is 0 Å². The van der Waals surface area contributed by atoms with Gasteiger partial charge in [-0.2, -0.15) is 4.52 Å². The molecule has 1 aliphatic carbocycles. The first kappa shape index (κ1) is 21.2. The van der Waals surface area contributed by atoms with Gasteiger partial charge in [0, 0.05) is 43.2 Å². The summed E-state index contributed by atoms with van der Waals surface area (Å²) < 4.78 is 15.3. The number of nitrogens with zero attached hydrogens (tertiary/aromatic N) is 5. The van der Waals surface area contributed by atoms with Gasteiger partial charge in [-0.1, -0.05) is 17.8 Å². The molecule has 1 amide bonds. The van der Waals surface area contributed by atoms with Crippen molar-refractivity contribution >= 4 is 33.2 Å². The minimum atomic E-state index is -0.268. The van der Waals surface area contributed by atoms with Crippen LogP contribution in [-0.2, 0) is 4.79 Å². The maximum atomic E-state index is 13.4. The topological polar surface area (TPSA) is 65.8 Å². The van der Waals surface area contributed by atoms with Crippen LogP contribution in [0.2, 0.25) is 0 Å². The highest BCUT2D eigenvalue weighted by molar-refractivity contribution is 7.20. The van der Waals surface area contributed by atoms with Crippen molar-refractivity contribution in [2.75, 3.05) is 36.4 Å². The van der Waals surface area contributed by atoms with Crippen LogP contribution in [0.4, 0.5) is 15.3 Å². The molecule has 2 aliphatic rings. The zero-order chi connectivity index (χ0) is 22.5. The van der Waals surface area contributed by atoms with Crippen molar-refractivity contribution in [3.63, 3.8) is 0 Å². The molecule has 0 unspecified atom stereocenters. The van der Waals surface area contributed by atoms with E-state index in [0.717, 1.165) is 66.2 Å². The Morgan fingerprint density at radius 1 is 1.12 bits per heavy atom. The summed E-state index contributed by atoms with van der Waals surface area (Å²) in [5, 5.41) is 9.31. The third-order valence-electron chi connectivity index (χ3n) is 6.12. The molecule has 32 heavy (non-hydrogen) atoms. The standard InChI is InChI=1S/C23H29FN6OS/c1-23(2,3)26-19-18(15-7-9-17(24)10-8-15)25-21-30(19)27-22(32-21)29-13-11-28(12-14-29)20(31)16-5-4-6-16/h7-10,16,26H,4-6,11-14H2,1-3H3. The van der Waals surface area contributed by atoms with Crippen molar-refractivity contribution in [1.82, 2.24) is 19.5 Å². The first-order valence-corrected chi connectivity index (χ1v) is 12.1. The molecule has 1 N–H and O–H groups in total. The molecule has 9 heteroatoms. The van der Waals surface area contributed by atoms with Crippen molar-refractivity contribution in [2.24, 2.45) is 5.92 Å². The van der Waals surface area contributed by atoms with Crippen LogP contribution in [0.25, 0.3) is 16.2 Å². The molecule has 3 aromatic rings. The Hall–Kier alpha value is -2.68. The maximum Gasteiger partial charge on any atom is 0.225 e. The number of fused-ring (bicyclic) bond motifs is 1. The first-order chi connectivity index (χ1) is 15.3. The lowest BCUT2D eigenvalue weighted by Gasteiger charge is -2.38. The molecule has 1 aliphatic heterocycles. The minimum Gasteiger partial charge on any atom is -0.364 e. The second-order valence-corrected chi connectivity index (χ2v) is 10.6. The lowest BCUT2D eigenvalue weighted by atomic mass is 9.84. The van der Waals surface area contributed by atoms with Gasteiger partial charge in [-0.05, 0) is 57.9 Å². The average Bonchev–Trinajstić information content (AvgIpc) is 3.26. The van der Waals surface area contributed by atoms with Gasteiger partial charge in [0.05, 0.1) is 0 Å². The number of imidazole rings is 1. The zero-order valence-corrected chi connectivity index (χ0v) is 19.6. The lowest BCUT2D eigenvalue weighted by Crippen LogP contribution is -2.51. The summed E-state index contributed by atoms with van der Waals surface area (Å²) in [5.41, 5.74) is 1.42. The number of carbonyl (C=O) groups is 1. The van der Waals surface area contributed by atoms with E-state index in [-0.39, 0.29) is 17.3 Å². The van der Waals surface area contributed by atoms with Gasteiger partial charge in [-0.15, -0.1) is 5.10 Å². The summed E-state index contributed by atoms with van der Waals surface area (Å²) >= 11 is 1.54. The van der Waals surface area contributed by atoms with E-state index in [1.54, 1.807) is 23.5 Å². The molecule has 0 bridgehead atoms. The van der Waals surface area contributed by atoms with Crippen LogP contribution in [0.3, 0.4) is 0 Å². The normalized spacial score (nSPS) is 17.6. The van der Waals surface area contributed by atoms with Gasteiger partial charge in [-0.3, -0.25) is 4.79 Å². The fraction of sp³-hybridized carbons (Fsp3) is 0.522. The first-order valence-electron chi connectivity index (χ1n) is 11.3. The average molecular weight is 457 g/mol. The summed E-state index contributed by atoms with van der Waals surface area (Å²) in [5.74, 6) is 1.11. The van der Waals surface area contributed by atoms with E-state index >= 15 is 0 Å². The molecule has 0 radical (unpaired) electrons. The van der Waals surface area contributed by atoms with E-state index in [1.807, 2.05) is 9.42 Å². The fourth-order valence-electron chi connectivity index (χ4n) is 4.17. The Balaban J connectivity index is 1.40. The number of anilines is 2. The summed E-state index contributed by atoms with van der Waals surface area (Å²) in [6, 6.07) is 6.39. The van der Waals surface area contributed by atoms with Crippen LogP contribution in [-0.4, -0.2) is 57.1 Å². The molecule has 3 heterocycles. The number of carbonyl (C=O) groups excluding carboxylic acids is 1. The van der Waals surface area contributed by atoms with Gasteiger partial charge >= 0.3 is 0 Å². The lowest BCUT2D eigenvalue weighted by molar-refractivity contribution is -0.138. The summed E-state index contributed by atoms with van der Waals surface area (Å²) in [4.78, 5) is 22.4. The van der Waals surface area contributed by atoms with Crippen LogP contribution >= 0.6 is 11.3 Å². The molecule has 0 spiro atoms. The number of piperazine rings is 1. The number of amides is 1. The van der Waals surface area contributed by atoms with E-state index in [1.165, 1.54) is 18.6 Å². The number of aromatic nitrogens is 3. The second kappa shape index (κ2) is 8.03. The van der Waals surface area contributed by atoms with Gasteiger partial charge in [0.2, 0.25) is 16.0 Å². The van der Waals surface area contributed by atoms with Crippen LogP contribution in [0.15, 0.2) is 24.3 Å². The molecule has 1 saturated heterocycles. The van der Waals surface area contributed by atoms with Crippen LogP contribution < -0.4 is 10.2 Å². The molecule has 1 aromatic carbocycles. The molecule has 7 nitrogen and oxygen atoms in total. The van der Waals surface area contributed by atoms with E-state index in [4.69, 9.17) is 10.1 Å². The summed E-state index contributed by atoms with van der Waals surface area (Å²) in [6.45, 7) is 9.31. The second-order valence-electron chi connectivity index (χ2n) is 9.71. The highest BCUT2D eigenvalue weighted by Gasteiger charge is 2.32. The Labute approximate surface area is 191 Å². The van der Waals surface area contributed by atoms with E-state index in [0.29, 0.717) is 5.91 Å². The third kappa shape index (κ3) is 4.05. The minimum absolute atomic E-state index is 0.192. The Kier molecular flexibility index (Phi) is 5.31. The van der Waals surface area contributed by atoms with Gasteiger partial charge in [0.1, 0.15) is 11.5 Å². The van der Waals surface area contributed by atoms with Crippen molar-refractivity contribution in [3.8, 4) is 11.3 Å². The van der Waals surface area contributed by atoms with Crippen molar-refractivity contribution in [1.29, 1.82) is 0 Å². The van der Waals surface area contributed by atoms with Gasteiger partial charge in [0.15, 0.2) is 5.82 Å². The molecule has 0 atom stereocenters. The van der Waals surface area contributed by atoms with Crippen LogP contribution in [0.5, 0.6) is 0 Å².